The minimum Gasteiger partial charge on any atom is -0.383 e. The summed E-state index contributed by atoms with van der Waals surface area (Å²) in [6.07, 6.45) is 2.80. The molecular weight excluding hydrogens is 447 g/mol. The van der Waals surface area contributed by atoms with Crippen LogP contribution >= 0.6 is 0 Å². The largest absolute Gasteiger partial charge is 0.383 e. The number of carbonyl (C=O) groups excluding carboxylic acids is 1. The van der Waals surface area contributed by atoms with Gasteiger partial charge in [-0.25, -0.2) is 9.18 Å². The molecule has 4 rings (SSSR count). The molecule has 1 heterocycles. The maximum atomic E-state index is 13.3. The van der Waals surface area contributed by atoms with Crippen LogP contribution in [0.4, 0.5) is 15.9 Å². The molecule has 0 unspecified atom stereocenters. The van der Waals surface area contributed by atoms with E-state index >= 15 is 0 Å². The Labute approximate surface area is 200 Å². The number of aromatic nitrogens is 2. The monoisotopic (exact) mass is 470 g/mol. The van der Waals surface area contributed by atoms with Crippen LogP contribution in [0.25, 0.3) is 6.08 Å². The summed E-state index contributed by atoms with van der Waals surface area (Å²) in [5.41, 5.74) is 6.94. The lowest BCUT2D eigenvalue weighted by atomic mass is 10.1. The zero-order valence-electron chi connectivity index (χ0n) is 18.7. The first-order valence-electron chi connectivity index (χ1n) is 10.9. The number of aromatic amines is 1. The van der Waals surface area contributed by atoms with Crippen LogP contribution in [0.1, 0.15) is 16.7 Å². The standard InChI is InChI=1S/C27H23FN4O3/c28-22-14-11-19(12-15-22)13-16-23(33)31(17-20-7-3-1-4-8-20)24-25(29)32(27(35)30-26(24)34)18-21-9-5-2-6-10-21/h1-16H,17-18,29H2,(H,30,34,35). The Kier molecular flexibility index (Phi) is 7.02. The first kappa shape index (κ1) is 23.4. The van der Waals surface area contributed by atoms with E-state index in [4.69, 9.17) is 5.73 Å². The molecule has 0 bridgehead atoms. The molecule has 0 saturated carbocycles. The van der Waals surface area contributed by atoms with Gasteiger partial charge in [-0.2, -0.15) is 0 Å². The summed E-state index contributed by atoms with van der Waals surface area (Å²) < 4.78 is 14.4. The fourth-order valence-corrected chi connectivity index (χ4v) is 3.63. The lowest BCUT2D eigenvalue weighted by molar-refractivity contribution is -0.114. The quantitative estimate of drug-likeness (QED) is 0.403. The predicted octanol–water partition coefficient (Wildman–Crippen LogP) is 3.55. The summed E-state index contributed by atoms with van der Waals surface area (Å²) >= 11 is 0. The molecule has 0 atom stereocenters. The number of hydrogen-bond donors (Lipinski definition) is 2. The number of rotatable bonds is 7. The molecular formula is C27H23FN4O3. The molecule has 1 aromatic heterocycles. The number of nitrogens with one attached hydrogen (secondary N) is 1. The van der Waals surface area contributed by atoms with E-state index in [-0.39, 0.29) is 30.4 Å². The molecule has 0 radical (unpaired) electrons. The van der Waals surface area contributed by atoms with Crippen molar-refractivity contribution in [2.75, 3.05) is 10.6 Å². The van der Waals surface area contributed by atoms with Crippen molar-refractivity contribution in [2.45, 2.75) is 13.1 Å². The predicted molar refractivity (Wildman–Crippen MR) is 134 cm³/mol. The molecule has 0 fully saturated rings. The molecule has 0 aliphatic carbocycles. The van der Waals surface area contributed by atoms with Crippen LogP contribution in [0, 0.1) is 5.82 Å². The van der Waals surface area contributed by atoms with Crippen LogP contribution in [0.15, 0.2) is 101 Å². The molecule has 0 saturated heterocycles. The number of nitrogen functional groups attached to an aromatic ring is 1. The third kappa shape index (κ3) is 5.62. The molecule has 1 amide bonds. The van der Waals surface area contributed by atoms with Crippen molar-refractivity contribution in [3.05, 3.63) is 134 Å². The van der Waals surface area contributed by atoms with Crippen LogP contribution in [-0.4, -0.2) is 15.5 Å². The summed E-state index contributed by atoms with van der Waals surface area (Å²) in [5.74, 6) is -1.04. The van der Waals surface area contributed by atoms with Crippen molar-refractivity contribution in [1.29, 1.82) is 0 Å². The van der Waals surface area contributed by atoms with Gasteiger partial charge in [0.25, 0.3) is 11.5 Å². The average molecular weight is 471 g/mol. The Hall–Kier alpha value is -4.72. The summed E-state index contributed by atoms with van der Waals surface area (Å²) in [6.45, 7) is 0.165. The first-order chi connectivity index (χ1) is 16.9. The van der Waals surface area contributed by atoms with E-state index < -0.39 is 17.2 Å². The highest BCUT2D eigenvalue weighted by molar-refractivity contribution is 6.05. The summed E-state index contributed by atoms with van der Waals surface area (Å²) in [6, 6.07) is 23.9. The Balaban J connectivity index is 1.77. The van der Waals surface area contributed by atoms with Crippen LogP contribution in [-0.2, 0) is 17.9 Å². The van der Waals surface area contributed by atoms with Crippen molar-refractivity contribution in [3.63, 3.8) is 0 Å². The Morgan fingerprint density at radius 3 is 2.14 bits per heavy atom. The van der Waals surface area contributed by atoms with Gasteiger partial charge in [0, 0.05) is 6.08 Å². The second-order valence-corrected chi connectivity index (χ2v) is 7.86. The van der Waals surface area contributed by atoms with Crippen LogP contribution in [0.5, 0.6) is 0 Å². The summed E-state index contributed by atoms with van der Waals surface area (Å²) in [5, 5.41) is 0. The van der Waals surface area contributed by atoms with E-state index in [2.05, 4.69) is 4.98 Å². The van der Waals surface area contributed by atoms with E-state index in [0.29, 0.717) is 5.56 Å². The molecule has 0 spiro atoms. The molecule has 3 aromatic carbocycles. The highest BCUT2D eigenvalue weighted by atomic mass is 19.1. The van der Waals surface area contributed by atoms with E-state index in [1.807, 2.05) is 60.7 Å². The van der Waals surface area contributed by atoms with E-state index in [9.17, 15) is 18.8 Å². The maximum absolute atomic E-state index is 13.3. The van der Waals surface area contributed by atoms with Gasteiger partial charge in [-0.1, -0.05) is 72.8 Å². The number of hydrogen-bond acceptors (Lipinski definition) is 4. The molecule has 7 nitrogen and oxygen atoms in total. The van der Waals surface area contributed by atoms with Crippen LogP contribution < -0.4 is 21.9 Å². The van der Waals surface area contributed by atoms with Crippen molar-refractivity contribution in [1.82, 2.24) is 9.55 Å². The third-order valence-electron chi connectivity index (χ3n) is 5.41. The SMILES string of the molecule is Nc1c(N(Cc2ccccc2)C(=O)C=Cc2ccc(F)cc2)c(=O)[nH]c(=O)n1Cc1ccccc1. The van der Waals surface area contributed by atoms with Crippen molar-refractivity contribution in [3.8, 4) is 0 Å². The highest BCUT2D eigenvalue weighted by Gasteiger charge is 2.23. The minimum absolute atomic E-state index is 0.0459. The zero-order chi connectivity index (χ0) is 24.8. The highest BCUT2D eigenvalue weighted by Crippen LogP contribution is 2.21. The number of amides is 1. The number of benzene rings is 3. The van der Waals surface area contributed by atoms with Gasteiger partial charge in [0.2, 0.25) is 0 Å². The third-order valence-corrected chi connectivity index (χ3v) is 5.41. The number of halogens is 1. The Bertz CT molecular complexity index is 1460. The summed E-state index contributed by atoms with van der Waals surface area (Å²) in [4.78, 5) is 42.3. The van der Waals surface area contributed by atoms with Gasteiger partial charge in [0.15, 0.2) is 5.69 Å². The van der Waals surface area contributed by atoms with E-state index in [1.54, 1.807) is 0 Å². The van der Waals surface area contributed by atoms with Crippen LogP contribution in [0.3, 0.4) is 0 Å². The molecule has 0 aliphatic heterocycles. The fourth-order valence-electron chi connectivity index (χ4n) is 3.63. The minimum atomic E-state index is -0.767. The molecule has 8 heteroatoms. The maximum Gasteiger partial charge on any atom is 0.330 e. The number of H-pyrrole nitrogens is 1. The van der Waals surface area contributed by atoms with Gasteiger partial charge < -0.3 is 5.73 Å². The Morgan fingerprint density at radius 2 is 1.51 bits per heavy atom. The van der Waals surface area contributed by atoms with E-state index in [0.717, 1.165) is 11.1 Å². The van der Waals surface area contributed by atoms with Gasteiger partial charge in [-0.15, -0.1) is 0 Å². The first-order valence-corrected chi connectivity index (χ1v) is 10.9. The van der Waals surface area contributed by atoms with Crippen molar-refractivity contribution in [2.24, 2.45) is 0 Å². The zero-order valence-corrected chi connectivity index (χ0v) is 18.7. The number of anilines is 2. The smallest absolute Gasteiger partial charge is 0.330 e. The lowest BCUT2D eigenvalue weighted by Gasteiger charge is -2.23. The second-order valence-electron chi connectivity index (χ2n) is 7.86. The number of nitrogens with zero attached hydrogens (tertiary/aromatic N) is 2. The topological polar surface area (TPSA) is 101 Å². The van der Waals surface area contributed by atoms with Crippen LogP contribution in [0.2, 0.25) is 0 Å². The van der Waals surface area contributed by atoms with Gasteiger partial charge in [0.05, 0.1) is 13.1 Å². The molecule has 0 aliphatic rings. The lowest BCUT2D eigenvalue weighted by Crippen LogP contribution is -2.40. The average Bonchev–Trinajstić information content (AvgIpc) is 2.86. The molecule has 4 aromatic rings. The van der Waals surface area contributed by atoms with Crippen molar-refractivity contribution < 1.29 is 9.18 Å². The van der Waals surface area contributed by atoms with Gasteiger partial charge in [-0.05, 0) is 34.9 Å². The Morgan fingerprint density at radius 1 is 0.914 bits per heavy atom. The summed E-state index contributed by atoms with van der Waals surface area (Å²) in [7, 11) is 0. The molecule has 35 heavy (non-hydrogen) atoms. The van der Waals surface area contributed by atoms with Gasteiger partial charge in [-0.3, -0.25) is 24.0 Å². The molecule has 176 valence electrons. The normalized spacial score (nSPS) is 11.0. The molecule has 3 N–H and O–H groups in total. The number of carbonyl (C=O) groups is 1. The van der Waals surface area contributed by atoms with Crippen molar-refractivity contribution >= 4 is 23.5 Å². The van der Waals surface area contributed by atoms with Gasteiger partial charge in [0.1, 0.15) is 11.6 Å². The number of nitrogens with two attached hydrogens (primary N) is 1. The van der Waals surface area contributed by atoms with E-state index in [1.165, 1.54) is 45.9 Å². The van der Waals surface area contributed by atoms with Gasteiger partial charge >= 0.3 is 5.69 Å². The second kappa shape index (κ2) is 10.5. The fraction of sp³-hybridized carbons (Fsp3) is 0.0741.